The van der Waals surface area contributed by atoms with Gasteiger partial charge in [0.1, 0.15) is 0 Å². The molecule has 1 saturated heterocycles. The number of benzene rings is 1. The van der Waals surface area contributed by atoms with Crippen molar-refractivity contribution < 1.29 is 23.1 Å². The molecule has 2 aromatic rings. The maximum atomic E-state index is 13.3. The van der Waals surface area contributed by atoms with Gasteiger partial charge in [-0.05, 0) is 31.9 Å². The minimum Gasteiger partial charge on any atom is -0.378 e. The molecule has 0 saturated carbocycles. The maximum absolute atomic E-state index is 13.3. The lowest BCUT2D eigenvalue weighted by Crippen LogP contribution is -2.45. The zero-order chi connectivity index (χ0) is 22.6. The number of likely N-dealkylation sites (tertiary alicyclic amines) is 1. The highest BCUT2D eigenvalue weighted by atomic mass is 32.1. The van der Waals surface area contributed by atoms with E-state index in [1.807, 2.05) is 6.92 Å². The second-order valence-corrected chi connectivity index (χ2v) is 8.13. The number of nitrogens with one attached hydrogen (secondary N) is 2. The number of carbonyl (C=O) groups is 1. The van der Waals surface area contributed by atoms with Crippen LogP contribution >= 0.6 is 11.3 Å². The van der Waals surface area contributed by atoms with Gasteiger partial charge < -0.3 is 15.4 Å². The Balaban J connectivity index is 1.79. The van der Waals surface area contributed by atoms with Crippen LogP contribution in [0.4, 0.5) is 18.9 Å². The van der Waals surface area contributed by atoms with Crippen LogP contribution in [0.2, 0.25) is 0 Å². The van der Waals surface area contributed by atoms with Crippen LogP contribution in [0.15, 0.2) is 34.7 Å². The Morgan fingerprint density at radius 2 is 2.16 bits per heavy atom. The minimum atomic E-state index is -4.77. The number of halogens is 3. The van der Waals surface area contributed by atoms with Gasteiger partial charge in [0.15, 0.2) is 6.10 Å². The first-order valence-corrected chi connectivity index (χ1v) is 10.5. The number of aliphatic hydroxyl groups is 1. The van der Waals surface area contributed by atoms with Crippen molar-refractivity contribution in [2.24, 2.45) is 5.10 Å². The summed E-state index contributed by atoms with van der Waals surface area (Å²) < 4.78 is 38.3. The van der Waals surface area contributed by atoms with Crippen LogP contribution in [0, 0.1) is 5.41 Å². The quantitative estimate of drug-likeness (QED) is 0.451. The molecule has 1 aliphatic heterocycles. The van der Waals surface area contributed by atoms with Crippen LogP contribution < -0.4 is 5.43 Å². The lowest BCUT2D eigenvalue weighted by molar-refractivity contribution is -0.207. The van der Waals surface area contributed by atoms with E-state index in [-0.39, 0.29) is 17.9 Å². The van der Waals surface area contributed by atoms with Gasteiger partial charge in [0, 0.05) is 30.1 Å². The van der Waals surface area contributed by atoms with Gasteiger partial charge in [-0.1, -0.05) is 12.1 Å². The highest BCUT2D eigenvalue weighted by Crippen LogP contribution is 2.37. The van der Waals surface area contributed by atoms with Crippen molar-refractivity contribution in [3.8, 4) is 0 Å². The Hall–Kier alpha value is -2.79. The van der Waals surface area contributed by atoms with Gasteiger partial charge in [-0.3, -0.25) is 10.2 Å². The first-order valence-electron chi connectivity index (χ1n) is 9.60. The highest BCUT2D eigenvalue weighted by molar-refractivity contribution is 7.09. The standard InChI is InChI=1S/C20H22F3N5O2S/c1-12-6-7-13(18-26-16(11-31-18)17(29)20(21,22)23)10-28(12)19(30)14-4-2-3-5-15(14)27-25-9-8-24/h2-5,8-9,11-13,17,24,27,29H,6-7,10H2,1H3/b24-8?,25-9-/t12-,13?,17?/m1/s1. The predicted molar refractivity (Wildman–Crippen MR) is 113 cm³/mol. The number of aromatic nitrogens is 1. The van der Waals surface area contributed by atoms with Gasteiger partial charge in [0.2, 0.25) is 0 Å². The number of alkyl halides is 3. The first kappa shape index (κ1) is 22.9. The van der Waals surface area contributed by atoms with Crippen molar-refractivity contribution in [1.82, 2.24) is 9.88 Å². The molecular formula is C20H22F3N5O2S. The summed E-state index contributed by atoms with van der Waals surface area (Å²) in [6.45, 7) is 2.24. The summed E-state index contributed by atoms with van der Waals surface area (Å²) in [6.07, 6.45) is -3.77. The van der Waals surface area contributed by atoms with Gasteiger partial charge in [0.05, 0.1) is 28.2 Å². The lowest BCUT2D eigenvalue weighted by Gasteiger charge is -2.37. The second-order valence-electron chi connectivity index (χ2n) is 7.24. The number of thiazole rings is 1. The summed E-state index contributed by atoms with van der Waals surface area (Å²) in [5.74, 6) is -0.437. The molecule has 1 amide bonds. The Bertz CT molecular complexity index is 962. The van der Waals surface area contributed by atoms with Crippen molar-refractivity contribution in [1.29, 1.82) is 5.41 Å². The molecule has 11 heteroatoms. The molecule has 0 radical (unpaired) electrons. The van der Waals surface area contributed by atoms with E-state index >= 15 is 0 Å². The normalized spacial score (nSPS) is 20.6. The molecule has 0 bridgehead atoms. The van der Waals surface area contributed by atoms with Crippen LogP contribution in [0.5, 0.6) is 0 Å². The largest absolute Gasteiger partial charge is 0.420 e. The smallest absolute Gasteiger partial charge is 0.378 e. The van der Waals surface area contributed by atoms with E-state index in [4.69, 9.17) is 5.41 Å². The van der Waals surface area contributed by atoms with E-state index in [1.54, 1.807) is 29.2 Å². The summed E-state index contributed by atoms with van der Waals surface area (Å²) in [4.78, 5) is 19.0. The average molecular weight is 453 g/mol. The minimum absolute atomic E-state index is 0.0536. The van der Waals surface area contributed by atoms with Crippen molar-refractivity contribution in [2.45, 2.75) is 44.0 Å². The van der Waals surface area contributed by atoms with Crippen LogP contribution in [-0.4, -0.2) is 52.1 Å². The third kappa shape index (κ3) is 5.28. The number of para-hydroxylation sites is 1. The lowest BCUT2D eigenvalue weighted by atomic mass is 9.93. The number of carbonyl (C=O) groups excluding carboxylic acids is 1. The second kappa shape index (κ2) is 9.56. The molecule has 3 N–H and O–H groups in total. The topological polar surface area (TPSA) is 102 Å². The molecule has 3 rings (SSSR count). The molecule has 166 valence electrons. The summed E-state index contributed by atoms with van der Waals surface area (Å²) in [5.41, 5.74) is 3.23. The molecule has 1 fully saturated rings. The summed E-state index contributed by atoms with van der Waals surface area (Å²) in [5, 5.41) is 22.0. The number of rotatable bonds is 6. The number of hydrogen-bond acceptors (Lipinski definition) is 7. The molecule has 1 aromatic carbocycles. The van der Waals surface area contributed by atoms with Crippen LogP contribution in [0.1, 0.15) is 52.8 Å². The predicted octanol–water partition coefficient (Wildman–Crippen LogP) is 4.19. The highest BCUT2D eigenvalue weighted by Gasteiger charge is 2.41. The zero-order valence-electron chi connectivity index (χ0n) is 16.6. The fourth-order valence-electron chi connectivity index (χ4n) is 3.44. The maximum Gasteiger partial charge on any atom is 0.420 e. The fourth-order valence-corrected chi connectivity index (χ4v) is 4.40. The first-order chi connectivity index (χ1) is 14.7. The average Bonchev–Trinajstić information content (AvgIpc) is 3.23. The number of hydrogen-bond donors (Lipinski definition) is 3. The van der Waals surface area contributed by atoms with Gasteiger partial charge in [0.25, 0.3) is 5.91 Å². The number of hydrazone groups is 1. The Morgan fingerprint density at radius 1 is 1.42 bits per heavy atom. The summed E-state index contributed by atoms with van der Waals surface area (Å²) >= 11 is 1.07. The SMILES string of the molecule is C[C@@H]1CCC(c2nc(C(O)C(F)(F)F)cs2)CN1C(=O)c1ccccc1N/N=C\C=N. The molecule has 2 unspecified atom stereocenters. The summed E-state index contributed by atoms with van der Waals surface area (Å²) in [7, 11) is 0. The third-order valence-electron chi connectivity index (χ3n) is 5.11. The third-order valence-corrected chi connectivity index (χ3v) is 6.14. The molecule has 1 aromatic heterocycles. The fraction of sp³-hybridized carbons (Fsp3) is 0.400. The van der Waals surface area contributed by atoms with Gasteiger partial charge >= 0.3 is 6.18 Å². The number of amides is 1. The number of anilines is 1. The van der Waals surface area contributed by atoms with Gasteiger partial charge in [-0.25, -0.2) is 4.98 Å². The zero-order valence-corrected chi connectivity index (χ0v) is 17.5. The molecule has 2 heterocycles. The Labute approximate surface area is 181 Å². The van der Waals surface area contributed by atoms with Gasteiger partial charge in [-0.2, -0.15) is 18.3 Å². The monoisotopic (exact) mass is 453 g/mol. The van der Waals surface area contributed by atoms with E-state index < -0.39 is 18.0 Å². The molecule has 31 heavy (non-hydrogen) atoms. The molecule has 7 nitrogen and oxygen atoms in total. The van der Waals surface area contributed by atoms with E-state index in [9.17, 15) is 23.1 Å². The molecule has 1 aliphatic rings. The van der Waals surface area contributed by atoms with Crippen LogP contribution in [0.25, 0.3) is 0 Å². The summed E-state index contributed by atoms with van der Waals surface area (Å²) in [6, 6.07) is 6.80. The number of aliphatic hydroxyl groups excluding tert-OH is 1. The Kier molecular flexibility index (Phi) is 7.06. The molecule has 0 spiro atoms. The van der Waals surface area contributed by atoms with Gasteiger partial charge in [-0.15, -0.1) is 11.3 Å². The van der Waals surface area contributed by atoms with E-state index in [0.29, 0.717) is 35.6 Å². The molecular weight excluding hydrogens is 431 g/mol. The van der Waals surface area contributed by atoms with Crippen molar-refractivity contribution in [2.75, 3.05) is 12.0 Å². The van der Waals surface area contributed by atoms with Crippen LogP contribution in [0.3, 0.4) is 0 Å². The van der Waals surface area contributed by atoms with E-state index in [2.05, 4.69) is 15.5 Å². The van der Waals surface area contributed by atoms with Crippen molar-refractivity contribution in [3.05, 3.63) is 45.9 Å². The number of nitrogens with zero attached hydrogens (tertiary/aromatic N) is 3. The molecule has 0 aliphatic carbocycles. The van der Waals surface area contributed by atoms with Crippen molar-refractivity contribution in [3.63, 3.8) is 0 Å². The van der Waals surface area contributed by atoms with E-state index in [1.165, 1.54) is 11.6 Å². The molecule has 3 atom stereocenters. The Morgan fingerprint density at radius 3 is 2.87 bits per heavy atom. The van der Waals surface area contributed by atoms with Crippen LogP contribution in [-0.2, 0) is 0 Å². The van der Waals surface area contributed by atoms with Crippen molar-refractivity contribution >= 4 is 35.4 Å². The number of piperidine rings is 1. The van der Waals surface area contributed by atoms with E-state index in [0.717, 1.165) is 17.6 Å².